The van der Waals surface area contributed by atoms with Gasteiger partial charge in [0.25, 0.3) is 0 Å². The number of ether oxygens (including phenoxy) is 1. The molecule has 4 nitrogen and oxygen atoms in total. The molecule has 1 fully saturated rings. The van der Waals surface area contributed by atoms with E-state index < -0.39 is 0 Å². The minimum Gasteiger partial charge on any atom is -0.474 e. The molecule has 4 heteroatoms. The molecule has 0 radical (unpaired) electrons. The maximum absolute atomic E-state index is 6.27. The highest BCUT2D eigenvalue weighted by Crippen LogP contribution is 2.25. The molecule has 1 saturated heterocycles. The second-order valence-corrected chi connectivity index (χ2v) is 6.67. The topological polar surface area (TPSA) is 38.2 Å². The fourth-order valence-electron chi connectivity index (χ4n) is 3.43. The lowest BCUT2D eigenvalue weighted by Gasteiger charge is -2.32. The summed E-state index contributed by atoms with van der Waals surface area (Å²) in [5.74, 6) is 1.49. The van der Waals surface area contributed by atoms with E-state index in [0.29, 0.717) is 0 Å². The Kier molecular flexibility index (Phi) is 4.61. The zero-order chi connectivity index (χ0) is 17.1. The first-order valence-electron chi connectivity index (χ1n) is 8.94. The molecule has 0 bridgehead atoms. The molecule has 128 valence electrons. The summed E-state index contributed by atoms with van der Waals surface area (Å²) in [5, 5.41) is 1.000. The van der Waals surface area contributed by atoms with Crippen molar-refractivity contribution in [3.8, 4) is 5.88 Å². The molecule has 2 heterocycles. The van der Waals surface area contributed by atoms with Crippen LogP contribution in [0.3, 0.4) is 0 Å². The van der Waals surface area contributed by atoms with Crippen LogP contribution in [0.25, 0.3) is 10.9 Å². The normalized spacial score (nSPS) is 16.2. The van der Waals surface area contributed by atoms with Crippen molar-refractivity contribution in [2.24, 2.45) is 0 Å². The smallest absolute Gasteiger partial charge is 0.224 e. The van der Waals surface area contributed by atoms with Crippen molar-refractivity contribution in [1.29, 1.82) is 0 Å². The third-order valence-electron chi connectivity index (χ3n) is 4.74. The van der Waals surface area contributed by atoms with E-state index in [0.717, 1.165) is 55.1 Å². The van der Waals surface area contributed by atoms with Crippen LogP contribution >= 0.6 is 0 Å². The van der Waals surface area contributed by atoms with E-state index in [1.807, 2.05) is 31.2 Å². The predicted octanol–water partition coefficient (Wildman–Crippen LogP) is 3.98. The van der Waals surface area contributed by atoms with Crippen molar-refractivity contribution in [1.82, 2.24) is 14.9 Å². The first-order chi connectivity index (χ1) is 12.3. The van der Waals surface area contributed by atoms with Crippen LogP contribution in [0.15, 0.2) is 54.6 Å². The molecule has 0 amide bonds. The van der Waals surface area contributed by atoms with Crippen molar-refractivity contribution in [2.75, 3.05) is 13.1 Å². The van der Waals surface area contributed by atoms with Crippen LogP contribution in [0.1, 0.15) is 24.2 Å². The standard InChI is InChI=1S/C21H23N3O/c1-16-22-20-10-6-5-9-19(20)21(23-16)25-18-11-13-24(14-12-18)15-17-7-3-2-4-8-17/h2-10,18H,11-15H2,1H3. The molecule has 3 aromatic rings. The minimum absolute atomic E-state index is 0.227. The highest BCUT2D eigenvalue weighted by atomic mass is 16.5. The Labute approximate surface area is 148 Å². The van der Waals surface area contributed by atoms with Gasteiger partial charge in [0, 0.05) is 19.6 Å². The Morgan fingerprint density at radius 3 is 2.48 bits per heavy atom. The second kappa shape index (κ2) is 7.19. The van der Waals surface area contributed by atoms with Gasteiger partial charge in [-0.25, -0.2) is 4.98 Å². The third-order valence-corrected chi connectivity index (χ3v) is 4.74. The van der Waals surface area contributed by atoms with Crippen molar-refractivity contribution >= 4 is 10.9 Å². The number of aromatic nitrogens is 2. The zero-order valence-electron chi connectivity index (χ0n) is 14.6. The number of hydrogen-bond acceptors (Lipinski definition) is 4. The van der Waals surface area contributed by atoms with Gasteiger partial charge in [-0.1, -0.05) is 42.5 Å². The molecule has 1 aliphatic rings. The van der Waals surface area contributed by atoms with Crippen LogP contribution in [-0.2, 0) is 6.54 Å². The molecule has 4 rings (SSSR count). The number of aryl methyl sites for hydroxylation is 1. The molecule has 0 aliphatic carbocycles. The van der Waals surface area contributed by atoms with Crippen LogP contribution in [0.4, 0.5) is 0 Å². The summed E-state index contributed by atoms with van der Waals surface area (Å²) in [5.41, 5.74) is 2.32. The fourth-order valence-corrected chi connectivity index (χ4v) is 3.43. The van der Waals surface area contributed by atoms with Gasteiger partial charge < -0.3 is 4.74 Å². The Balaban J connectivity index is 1.41. The van der Waals surface area contributed by atoms with E-state index in [2.05, 4.69) is 45.2 Å². The first-order valence-corrected chi connectivity index (χ1v) is 8.94. The molecular weight excluding hydrogens is 310 g/mol. The minimum atomic E-state index is 0.227. The Morgan fingerprint density at radius 1 is 0.960 bits per heavy atom. The molecule has 25 heavy (non-hydrogen) atoms. The second-order valence-electron chi connectivity index (χ2n) is 6.67. The number of fused-ring (bicyclic) bond motifs is 1. The summed E-state index contributed by atoms with van der Waals surface area (Å²) in [4.78, 5) is 11.5. The molecule has 0 N–H and O–H groups in total. The molecule has 2 aromatic carbocycles. The van der Waals surface area contributed by atoms with Gasteiger partial charge in [-0.3, -0.25) is 4.90 Å². The lowest BCUT2D eigenvalue weighted by Crippen LogP contribution is -2.37. The Bertz CT molecular complexity index is 842. The molecule has 1 aliphatic heterocycles. The van der Waals surface area contributed by atoms with Gasteiger partial charge in [0.1, 0.15) is 11.9 Å². The van der Waals surface area contributed by atoms with E-state index in [1.165, 1.54) is 5.56 Å². The monoisotopic (exact) mass is 333 g/mol. The third kappa shape index (κ3) is 3.80. The fraction of sp³-hybridized carbons (Fsp3) is 0.333. The van der Waals surface area contributed by atoms with E-state index in [4.69, 9.17) is 4.74 Å². The molecule has 1 aromatic heterocycles. The van der Waals surface area contributed by atoms with Gasteiger partial charge in [-0.15, -0.1) is 0 Å². The van der Waals surface area contributed by atoms with Crippen LogP contribution in [0.5, 0.6) is 5.88 Å². The quantitative estimate of drug-likeness (QED) is 0.724. The molecular formula is C21H23N3O. The van der Waals surface area contributed by atoms with Crippen molar-refractivity contribution < 1.29 is 4.74 Å². The van der Waals surface area contributed by atoms with Gasteiger partial charge >= 0.3 is 0 Å². The number of para-hydroxylation sites is 1. The number of piperidine rings is 1. The number of rotatable bonds is 4. The maximum atomic E-state index is 6.27. The number of likely N-dealkylation sites (tertiary alicyclic amines) is 1. The SMILES string of the molecule is Cc1nc(OC2CCN(Cc3ccccc3)CC2)c2ccccc2n1. The summed E-state index contributed by atoms with van der Waals surface area (Å²) in [7, 11) is 0. The summed E-state index contributed by atoms with van der Waals surface area (Å²) in [6.07, 6.45) is 2.29. The average Bonchev–Trinajstić information content (AvgIpc) is 2.64. The molecule has 0 spiro atoms. The lowest BCUT2D eigenvalue weighted by atomic mass is 10.1. The largest absolute Gasteiger partial charge is 0.474 e. The van der Waals surface area contributed by atoms with Gasteiger partial charge in [0.15, 0.2) is 0 Å². The lowest BCUT2D eigenvalue weighted by molar-refractivity contribution is 0.0943. The van der Waals surface area contributed by atoms with E-state index in [1.54, 1.807) is 0 Å². The molecule has 0 unspecified atom stereocenters. The first kappa shape index (κ1) is 16.0. The number of nitrogens with zero attached hydrogens (tertiary/aromatic N) is 3. The Hall–Kier alpha value is -2.46. The molecule has 0 atom stereocenters. The van der Waals surface area contributed by atoms with Crippen LogP contribution in [-0.4, -0.2) is 34.1 Å². The summed E-state index contributed by atoms with van der Waals surface area (Å²) >= 11 is 0. The Morgan fingerprint density at radius 2 is 1.68 bits per heavy atom. The van der Waals surface area contributed by atoms with Crippen LogP contribution < -0.4 is 4.74 Å². The van der Waals surface area contributed by atoms with Crippen molar-refractivity contribution in [3.05, 3.63) is 66.0 Å². The van der Waals surface area contributed by atoms with Crippen molar-refractivity contribution in [2.45, 2.75) is 32.4 Å². The summed E-state index contributed by atoms with van der Waals surface area (Å²) in [6, 6.07) is 18.7. The summed E-state index contributed by atoms with van der Waals surface area (Å²) < 4.78 is 6.27. The maximum Gasteiger partial charge on any atom is 0.224 e. The van der Waals surface area contributed by atoms with E-state index >= 15 is 0 Å². The predicted molar refractivity (Wildman–Crippen MR) is 99.6 cm³/mol. The van der Waals surface area contributed by atoms with Crippen LogP contribution in [0.2, 0.25) is 0 Å². The van der Waals surface area contributed by atoms with Crippen LogP contribution in [0, 0.1) is 6.92 Å². The van der Waals surface area contributed by atoms with E-state index in [-0.39, 0.29) is 6.10 Å². The average molecular weight is 333 g/mol. The van der Waals surface area contributed by atoms with Gasteiger partial charge in [0.2, 0.25) is 5.88 Å². The highest BCUT2D eigenvalue weighted by Gasteiger charge is 2.22. The van der Waals surface area contributed by atoms with Gasteiger partial charge in [-0.2, -0.15) is 4.98 Å². The van der Waals surface area contributed by atoms with Crippen molar-refractivity contribution in [3.63, 3.8) is 0 Å². The molecule has 0 saturated carbocycles. The van der Waals surface area contributed by atoms with E-state index in [9.17, 15) is 0 Å². The zero-order valence-corrected chi connectivity index (χ0v) is 14.6. The summed E-state index contributed by atoms with van der Waals surface area (Å²) in [6.45, 7) is 5.05. The van der Waals surface area contributed by atoms with Gasteiger partial charge in [-0.05, 0) is 37.5 Å². The number of benzene rings is 2. The number of hydrogen-bond donors (Lipinski definition) is 0. The van der Waals surface area contributed by atoms with Gasteiger partial charge in [0.05, 0.1) is 10.9 Å². The highest BCUT2D eigenvalue weighted by molar-refractivity contribution is 5.83.